The van der Waals surface area contributed by atoms with E-state index in [1.54, 1.807) is 0 Å². The Kier molecular flexibility index (Phi) is 5.04. The maximum atomic E-state index is 5.92. The van der Waals surface area contributed by atoms with Gasteiger partial charge in [-0.25, -0.2) is 0 Å². The van der Waals surface area contributed by atoms with Crippen LogP contribution < -0.4 is 5.32 Å². The number of likely N-dealkylation sites (N-methyl/N-ethyl adjacent to an activating group) is 1. The molecule has 1 fully saturated rings. The van der Waals surface area contributed by atoms with E-state index in [-0.39, 0.29) is 0 Å². The second kappa shape index (κ2) is 6.55. The lowest BCUT2D eigenvalue weighted by Gasteiger charge is -2.33. The quantitative estimate of drug-likeness (QED) is 0.882. The first kappa shape index (κ1) is 13.9. The number of nitrogens with one attached hydrogen (secondary N) is 1. The maximum Gasteiger partial charge on any atom is 0.0406 e. The minimum Gasteiger partial charge on any atom is -0.315 e. The van der Waals surface area contributed by atoms with Crippen LogP contribution in [0.15, 0.2) is 24.3 Å². The van der Waals surface area contributed by atoms with Crippen molar-refractivity contribution in [2.45, 2.75) is 38.8 Å². The van der Waals surface area contributed by atoms with Crippen LogP contribution in [0.4, 0.5) is 0 Å². The molecular formula is C15H23ClN2. The topological polar surface area (TPSA) is 15.3 Å². The van der Waals surface area contributed by atoms with E-state index >= 15 is 0 Å². The lowest BCUT2D eigenvalue weighted by molar-refractivity contribution is 0.161. The third-order valence-corrected chi connectivity index (χ3v) is 4.13. The Morgan fingerprint density at radius 1 is 1.39 bits per heavy atom. The lowest BCUT2D eigenvalue weighted by Crippen LogP contribution is -2.43. The molecule has 0 aliphatic carbocycles. The molecule has 1 aromatic carbocycles. The third-order valence-electron chi connectivity index (χ3n) is 3.88. The molecule has 1 aliphatic rings. The fourth-order valence-electron chi connectivity index (χ4n) is 2.93. The Labute approximate surface area is 115 Å². The third kappa shape index (κ3) is 3.47. The Morgan fingerprint density at radius 3 is 2.67 bits per heavy atom. The van der Waals surface area contributed by atoms with Crippen LogP contribution in [0.3, 0.4) is 0 Å². The molecule has 2 rings (SSSR count). The number of nitrogens with zero attached hydrogens (tertiary/aromatic N) is 1. The predicted molar refractivity (Wildman–Crippen MR) is 78.3 cm³/mol. The standard InChI is InChI=1S/C15H23ClN2/c1-3-18(15-8-9-17-11-15)12(2)10-13-4-6-14(16)7-5-13/h4-7,12,15,17H,3,8-11H2,1-2H3. The van der Waals surface area contributed by atoms with Gasteiger partial charge in [0.1, 0.15) is 0 Å². The zero-order valence-corrected chi connectivity index (χ0v) is 12.1. The fourth-order valence-corrected chi connectivity index (χ4v) is 3.06. The average Bonchev–Trinajstić information content (AvgIpc) is 2.87. The van der Waals surface area contributed by atoms with Crippen molar-refractivity contribution in [1.29, 1.82) is 0 Å². The summed E-state index contributed by atoms with van der Waals surface area (Å²) in [7, 11) is 0. The number of hydrogen-bond acceptors (Lipinski definition) is 2. The highest BCUT2D eigenvalue weighted by atomic mass is 35.5. The number of hydrogen-bond donors (Lipinski definition) is 1. The molecule has 0 bridgehead atoms. The molecule has 2 unspecified atom stereocenters. The van der Waals surface area contributed by atoms with E-state index in [9.17, 15) is 0 Å². The second-order valence-electron chi connectivity index (χ2n) is 5.16. The van der Waals surface area contributed by atoms with Gasteiger partial charge in [-0.3, -0.25) is 4.90 Å². The van der Waals surface area contributed by atoms with E-state index in [0.717, 1.165) is 31.1 Å². The molecule has 1 saturated heterocycles. The fraction of sp³-hybridized carbons (Fsp3) is 0.600. The summed E-state index contributed by atoms with van der Waals surface area (Å²) in [4.78, 5) is 2.62. The molecule has 0 spiro atoms. The lowest BCUT2D eigenvalue weighted by atomic mass is 10.0. The van der Waals surface area contributed by atoms with Crippen LogP contribution in [0, 0.1) is 0 Å². The molecule has 0 saturated carbocycles. The van der Waals surface area contributed by atoms with Gasteiger partial charge in [0.15, 0.2) is 0 Å². The average molecular weight is 267 g/mol. The van der Waals surface area contributed by atoms with Crippen molar-refractivity contribution < 1.29 is 0 Å². The summed E-state index contributed by atoms with van der Waals surface area (Å²) in [6.45, 7) is 8.02. The first-order chi connectivity index (χ1) is 8.70. The van der Waals surface area contributed by atoms with E-state index in [1.807, 2.05) is 12.1 Å². The van der Waals surface area contributed by atoms with Gasteiger partial charge in [-0.2, -0.15) is 0 Å². The van der Waals surface area contributed by atoms with Crippen LogP contribution in [-0.4, -0.2) is 36.6 Å². The van der Waals surface area contributed by atoms with Gasteiger partial charge in [0, 0.05) is 23.7 Å². The molecule has 1 aromatic rings. The van der Waals surface area contributed by atoms with E-state index in [2.05, 4.69) is 36.2 Å². The highest BCUT2D eigenvalue weighted by Crippen LogP contribution is 2.17. The van der Waals surface area contributed by atoms with Gasteiger partial charge >= 0.3 is 0 Å². The van der Waals surface area contributed by atoms with Crippen molar-refractivity contribution in [3.63, 3.8) is 0 Å². The van der Waals surface area contributed by atoms with Crippen LogP contribution in [-0.2, 0) is 6.42 Å². The molecule has 100 valence electrons. The van der Waals surface area contributed by atoms with Crippen LogP contribution in [0.1, 0.15) is 25.8 Å². The minimum absolute atomic E-state index is 0.584. The molecule has 1 heterocycles. The largest absolute Gasteiger partial charge is 0.315 e. The summed E-state index contributed by atoms with van der Waals surface area (Å²) in [5.41, 5.74) is 1.37. The maximum absolute atomic E-state index is 5.92. The van der Waals surface area contributed by atoms with Crippen LogP contribution in [0.25, 0.3) is 0 Å². The molecule has 1 aliphatic heterocycles. The zero-order valence-electron chi connectivity index (χ0n) is 11.3. The van der Waals surface area contributed by atoms with Gasteiger partial charge in [0.25, 0.3) is 0 Å². The monoisotopic (exact) mass is 266 g/mol. The summed E-state index contributed by atoms with van der Waals surface area (Å²) in [5.74, 6) is 0. The van der Waals surface area contributed by atoms with Crippen LogP contribution in [0.2, 0.25) is 5.02 Å². The van der Waals surface area contributed by atoms with Crippen molar-refractivity contribution in [3.05, 3.63) is 34.9 Å². The van der Waals surface area contributed by atoms with Gasteiger partial charge in [-0.1, -0.05) is 30.7 Å². The van der Waals surface area contributed by atoms with Gasteiger partial charge < -0.3 is 5.32 Å². The Hall–Kier alpha value is -0.570. The Balaban J connectivity index is 1.96. The van der Waals surface area contributed by atoms with E-state index in [1.165, 1.54) is 12.0 Å². The summed E-state index contributed by atoms with van der Waals surface area (Å²) >= 11 is 5.92. The number of rotatable bonds is 5. The number of halogens is 1. The highest BCUT2D eigenvalue weighted by molar-refractivity contribution is 6.30. The molecule has 18 heavy (non-hydrogen) atoms. The smallest absolute Gasteiger partial charge is 0.0406 e. The molecule has 2 atom stereocenters. The summed E-state index contributed by atoms with van der Waals surface area (Å²) < 4.78 is 0. The highest BCUT2D eigenvalue weighted by Gasteiger charge is 2.24. The van der Waals surface area contributed by atoms with Gasteiger partial charge in [0.05, 0.1) is 0 Å². The molecule has 2 nitrogen and oxygen atoms in total. The van der Waals surface area contributed by atoms with Crippen molar-refractivity contribution >= 4 is 11.6 Å². The Morgan fingerprint density at radius 2 is 2.11 bits per heavy atom. The molecule has 0 aromatic heterocycles. The van der Waals surface area contributed by atoms with E-state index in [4.69, 9.17) is 11.6 Å². The molecule has 0 amide bonds. The Bertz CT molecular complexity index is 357. The van der Waals surface area contributed by atoms with Crippen molar-refractivity contribution in [2.24, 2.45) is 0 Å². The van der Waals surface area contributed by atoms with Crippen LogP contribution in [0.5, 0.6) is 0 Å². The molecular weight excluding hydrogens is 244 g/mol. The van der Waals surface area contributed by atoms with Gasteiger partial charge in [-0.15, -0.1) is 0 Å². The first-order valence-corrected chi connectivity index (χ1v) is 7.29. The van der Waals surface area contributed by atoms with Crippen molar-refractivity contribution in [3.8, 4) is 0 Å². The van der Waals surface area contributed by atoms with Crippen molar-refractivity contribution in [2.75, 3.05) is 19.6 Å². The molecule has 3 heteroatoms. The second-order valence-corrected chi connectivity index (χ2v) is 5.59. The number of benzene rings is 1. The predicted octanol–water partition coefficient (Wildman–Crippen LogP) is 2.95. The SMILES string of the molecule is CCN(C(C)Cc1ccc(Cl)cc1)C1CCNC1. The van der Waals surface area contributed by atoms with Gasteiger partial charge in [-0.05, 0) is 50.6 Å². The summed E-state index contributed by atoms with van der Waals surface area (Å²) in [5, 5.41) is 4.27. The minimum atomic E-state index is 0.584. The summed E-state index contributed by atoms with van der Waals surface area (Å²) in [6.07, 6.45) is 2.38. The first-order valence-electron chi connectivity index (χ1n) is 6.91. The van der Waals surface area contributed by atoms with E-state index < -0.39 is 0 Å². The molecule has 0 radical (unpaired) electrons. The summed E-state index contributed by atoms with van der Waals surface area (Å²) in [6, 6.07) is 9.53. The van der Waals surface area contributed by atoms with Gasteiger partial charge in [0.2, 0.25) is 0 Å². The van der Waals surface area contributed by atoms with Crippen molar-refractivity contribution in [1.82, 2.24) is 10.2 Å². The van der Waals surface area contributed by atoms with E-state index in [0.29, 0.717) is 12.1 Å². The molecule has 1 N–H and O–H groups in total. The van der Waals surface area contributed by atoms with Crippen LogP contribution >= 0.6 is 11.6 Å². The zero-order chi connectivity index (χ0) is 13.0. The normalized spacial score (nSPS) is 21.4.